The summed E-state index contributed by atoms with van der Waals surface area (Å²) in [5.74, 6) is 0.791. The zero-order valence-corrected chi connectivity index (χ0v) is 12.0. The van der Waals surface area contributed by atoms with E-state index in [1.165, 1.54) is 38.2 Å². The van der Waals surface area contributed by atoms with Crippen LogP contribution in [0.4, 0.5) is 4.39 Å². The number of ether oxygens (including phenoxy) is 2. The Morgan fingerprint density at radius 1 is 1.20 bits per heavy atom. The molecule has 0 radical (unpaired) electrons. The first kappa shape index (κ1) is 13.7. The summed E-state index contributed by atoms with van der Waals surface area (Å²) in [6.07, 6.45) is 7.21. The molecule has 1 aliphatic heterocycles. The van der Waals surface area contributed by atoms with E-state index in [0.717, 1.165) is 17.7 Å². The second-order valence-electron chi connectivity index (χ2n) is 5.77. The zero-order chi connectivity index (χ0) is 13.9. The van der Waals surface area contributed by atoms with E-state index in [2.05, 4.69) is 5.32 Å². The molecule has 1 aromatic rings. The van der Waals surface area contributed by atoms with Crippen molar-refractivity contribution in [2.75, 3.05) is 13.7 Å². The third-order valence-electron chi connectivity index (χ3n) is 4.35. The van der Waals surface area contributed by atoms with Gasteiger partial charge in [0.05, 0.1) is 7.11 Å². The summed E-state index contributed by atoms with van der Waals surface area (Å²) in [4.78, 5) is 0. The van der Waals surface area contributed by atoms with E-state index in [4.69, 9.17) is 9.47 Å². The maximum absolute atomic E-state index is 13.8. The van der Waals surface area contributed by atoms with Gasteiger partial charge < -0.3 is 14.8 Å². The summed E-state index contributed by atoms with van der Waals surface area (Å²) in [5, 5.41) is 3.67. The highest BCUT2D eigenvalue weighted by Crippen LogP contribution is 2.35. The third kappa shape index (κ3) is 2.75. The van der Waals surface area contributed by atoms with Gasteiger partial charge in [0.2, 0.25) is 0 Å². The van der Waals surface area contributed by atoms with Crippen LogP contribution in [0, 0.1) is 5.82 Å². The summed E-state index contributed by atoms with van der Waals surface area (Å²) in [6, 6.07) is 3.92. The molecule has 0 aromatic heterocycles. The maximum atomic E-state index is 13.8. The Hall–Kier alpha value is -1.29. The van der Waals surface area contributed by atoms with Gasteiger partial charge in [-0.15, -0.1) is 0 Å². The van der Waals surface area contributed by atoms with Gasteiger partial charge in [0.25, 0.3) is 0 Å². The first-order valence-electron chi connectivity index (χ1n) is 7.52. The Labute approximate surface area is 119 Å². The lowest BCUT2D eigenvalue weighted by Crippen LogP contribution is -2.45. The number of hydrogen-bond acceptors (Lipinski definition) is 3. The zero-order valence-electron chi connectivity index (χ0n) is 12.0. The van der Waals surface area contributed by atoms with Gasteiger partial charge in [-0.05, 0) is 31.4 Å². The Morgan fingerprint density at radius 2 is 2.00 bits per heavy atom. The molecular formula is C16H22FNO2. The van der Waals surface area contributed by atoms with Crippen LogP contribution in [0.5, 0.6) is 11.5 Å². The fourth-order valence-electron chi connectivity index (χ4n) is 3.32. The molecule has 1 aliphatic carbocycles. The van der Waals surface area contributed by atoms with Crippen molar-refractivity contribution in [3.63, 3.8) is 0 Å². The third-order valence-corrected chi connectivity index (χ3v) is 4.35. The van der Waals surface area contributed by atoms with Crippen LogP contribution in [0.1, 0.15) is 37.7 Å². The normalized spacial score (nSPS) is 23.0. The highest BCUT2D eigenvalue weighted by atomic mass is 19.1. The Balaban J connectivity index is 1.72. The minimum atomic E-state index is -0.295. The molecule has 0 bridgehead atoms. The molecule has 1 N–H and O–H groups in total. The van der Waals surface area contributed by atoms with E-state index in [-0.39, 0.29) is 11.9 Å². The van der Waals surface area contributed by atoms with E-state index in [1.807, 2.05) is 0 Å². The minimum absolute atomic E-state index is 0.251. The summed E-state index contributed by atoms with van der Waals surface area (Å²) in [5.41, 5.74) is 0.854. The van der Waals surface area contributed by atoms with Gasteiger partial charge in [-0.3, -0.25) is 0 Å². The molecule has 1 unspecified atom stereocenters. The molecule has 3 nitrogen and oxygen atoms in total. The molecule has 1 saturated carbocycles. The molecule has 2 aliphatic rings. The molecule has 1 atom stereocenters. The smallest absolute Gasteiger partial charge is 0.165 e. The summed E-state index contributed by atoms with van der Waals surface area (Å²) in [6.45, 7) is 0.535. The first-order valence-corrected chi connectivity index (χ1v) is 7.52. The van der Waals surface area contributed by atoms with Gasteiger partial charge in [0.15, 0.2) is 11.6 Å². The standard InChI is InChI=1S/C16H22FNO2/c1-19-15-8-7-14(17)16-13(15)9-12(10-20-16)18-11-5-3-2-4-6-11/h7-8,11-12,18H,2-6,9-10H2,1H3. The minimum Gasteiger partial charge on any atom is -0.496 e. The van der Waals surface area contributed by atoms with Crippen molar-refractivity contribution in [3.05, 3.63) is 23.5 Å². The summed E-state index contributed by atoms with van der Waals surface area (Å²) < 4.78 is 24.7. The number of nitrogens with one attached hydrogen (secondary N) is 1. The van der Waals surface area contributed by atoms with Crippen molar-refractivity contribution in [1.29, 1.82) is 0 Å². The fraction of sp³-hybridized carbons (Fsp3) is 0.625. The molecule has 0 spiro atoms. The summed E-state index contributed by atoms with van der Waals surface area (Å²) >= 11 is 0. The topological polar surface area (TPSA) is 30.5 Å². The maximum Gasteiger partial charge on any atom is 0.165 e. The highest BCUT2D eigenvalue weighted by Gasteiger charge is 2.27. The van der Waals surface area contributed by atoms with Crippen LogP contribution in [0.25, 0.3) is 0 Å². The fourth-order valence-corrected chi connectivity index (χ4v) is 3.32. The van der Waals surface area contributed by atoms with E-state index in [0.29, 0.717) is 18.4 Å². The van der Waals surface area contributed by atoms with Crippen LogP contribution < -0.4 is 14.8 Å². The Morgan fingerprint density at radius 3 is 2.75 bits per heavy atom. The lowest BCUT2D eigenvalue weighted by atomic mass is 9.93. The average Bonchev–Trinajstić information content (AvgIpc) is 2.49. The number of hydrogen-bond donors (Lipinski definition) is 1. The number of fused-ring (bicyclic) bond motifs is 1. The van der Waals surface area contributed by atoms with Crippen molar-refractivity contribution in [2.45, 2.75) is 50.6 Å². The van der Waals surface area contributed by atoms with Crippen molar-refractivity contribution >= 4 is 0 Å². The van der Waals surface area contributed by atoms with Crippen LogP contribution >= 0.6 is 0 Å². The monoisotopic (exact) mass is 279 g/mol. The van der Waals surface area contributed by atoms with E-state index in [1.54, 1.807) is 13.2 Å². The van der Waals surface area contributed by atoms with Crippen molar-refractivity contribution in [3.8, 4) is 11.5 Å². The molecule has 0 saturated heterocycles. The first-order chi connectivity index (χ1) is 9.78. The van der Waals surface area contributed by atoms with E-state index < -0.39 is 0 Å². The molecule has 1 heterocycles. The number of methoxy groups -OCH3 is 1. The van der Waals surface area contributed by atoms with Gasteiger partial charge in [-0.1, -0.05) is 19.3 Å². The number of rotatable bonds is 3. The van der Waals surface area contributed by atoms with Crippen LogP contribution in [0.3, 0.4) is 0 Å². The number of halogens is 1. The Bertz CT molecular complexity index is 472. The van der Waals surface area contributed by atoms with E-state index in [9.17, 15) is 4.39 Å². The van der Waals surface area contributed by atoms with E-state index >= 15 is 0 Å². The second-order valence-corrected chi connectivity index (χ2v) is 5.77. The van der Waals surface area contributed by atoms with Gasteiger partial charge >= 0.3 is 0 Å². The Kier molecular flexibility index (Phi) is 4.10. The lowest BCUT2D eigenvalue weighted by Gasteiger charge is -2.32. The predicted octanol–water partition coefficient (Wildman–Crippen LogP) is 3.06. The van der Waals surface area contributed by atoms with Gasteiger partial charge in [-0.25, -0.2) is 4.39 Å². The molecule has 110 valence electrons. The van der Waals surface area contributed by atoms with Crippen LogP contribution in [0.15, 0.2) is 12.1 Å². The molecule has 3 rings (SSSR count). The molecule has 4 heteroatoms. The molecule has 0 amide bonds. The molecule has 1 aromatic carbocycles. The van der Waals surface area contributed by atoms with Gasteiger partial charge in [0.1, 0.15) is 12.4 Å². The van der Waals surface area contributed by atoms with Crippen LogP contribution in [0.2, 0.25) is 0 Å². The van der Waals surface area contributed by atoms with Crippen LogP contribution in [-0.4, -0.2) is 25.8 Å². The molecule has 1 fully saturated rings. The van der Waals surface area contributed by atoms with Crippen molar-refractivity contribution in [1.82, 2.24) is 5.32 Å². The molecule has 20 heavy (non-hydrogen) atoms. The van der Waals surface area contributed by atoms with Crippen LogP contribution in [-0.2, 0) is 6.42 Å². The van der Waals surface area contributed by atoms with Crippen molar-refractivity contribution in [2.24, 2.45) is 0 Å². The second kappa shape index (κ2) is 6.00. The molecular weight excluding hydrogens is 257 g/mol. The average molecular weight is 279 g/mol. The quantitative estimate of drug-likeness (QED) is 0.922. The lowest BCUT2D eigenvalue weighted by molar-refractivity contribution is 0.204. The number of benzene rings is 1. The van der Waals surface area contributed by atoms with Crippen molar-refractivity contribution < 1.29 is 13.9 Å². The largest absolute Gasteiger partial charge is 0.496 e. The highest BCUT2D eigenvalue weighted by molar-refractivity contribution is 5.47. The predicted molar refractivity (Wildman–Crippen MR) is 75.9 cm³/mol. The van der Waals surface area contributed by atoms with Gasteiger partial charge in [0, 0.05) is 17.6 Å². The summed E-state index contributed by atoms with van der Waals surface area (Å²) in [7, 11) is 1.62. The van der Waals surface area contributed by atoms with Gasteiger partial charge in [-0.2, -0.15) is 0 Å². The SMILES string of the molecule is COc1ccc(F)c2c1CC(NC1CCCCC1)CO2.